The van der Waals surface area contributed by atoms with E-state index in [9.17, 15) is 9.18 Å². The summed E-state index contributed by atoms with van der Waals surface area (Å²) in [4.78, 5) is 19.3. The van der Waals surface area contributed by atoms with E-state index in [4.69, 9.17) is 4.74 Å². The van der Waals surface area contributed by atoms with E-state index in [0.717, 1.165) is 42.9 Å². The number of carbonyl (C=O) groups is 1. The number of carbonyl (C=O) groups excluding carboxylic acids is 1. The van der Waals surface area contributed by atoms with Crippen molar-refractivity contribution in [3.8, 4) is 0 Å². The molecule has 1 aromatic carbocycles. The molecule has 2 unspecified atom stereocenters. The number of halogens is 1. The van der Waals surface area contributed by atoms with Crippen LogP contribution in [0, 0.1) is 5.82 Å². The van der Waals surface area contributed by atoms with Crippen LogP contribution in [0.3, 0.4) is 0 Å². The standard InChI is InChI=1S/C22H27FN4O2/c23-18-7-5-17(6-8-18)21(19-4-3-13-29-19)26-22(28)25-15-16-9-10-24-20(14-16)27-11-1-2-12-27/h5-10,14,19,21H,1-4,11-13,15H2,(H2,25,26,28). The molecule has 2 atom stereocenters. The van der Waals surface area contributed by atoms with Crippen molar-refractivity contribution in [2.24, 2.45) is 0 Å². The maximum absolute atomic E-state index is 13.3. The normalized spacial score (nSPS) is 19.9. The highest BCUT2D eigenvalue weighted by Gasteiger charge is 2.28. The zero-order chi connectivity index (χ0) is 20.1. The van der Waals surface area contributed by atoms with Crippen molar-refractivity contribution >= 4 is 11.8 Å². The molecule has 2 N–H and O–H groups in total. The lowest BCUT2D eigenvalue weighted by Crippen LogP contribution is -2.42. The van der Waals surface area contributed by atoms with Crippen molar-refractivity contribution in [1.29, 1.82) is 0 Å². The molecule has 2 amide bonds. The van der Waals surface area contributed by atoms with Crippen molar-refractivity contribution in [1.82, 2.24) is 15.6 Å². The molecule has 7 heteroatoms. The van der Waals surface area contributed by atoms with Crippen molar-refractivity contribution in [3.63, 3.8) is 0 Å². The first-order valence-corrected chi connectivity index (χ1v) is 10.3. The van der Waals surface area contributed by atoms with Crippen molar-refractivity contribution in [3.05, 3.63) is 59.5 Å². The first-order chi connectivity index (χ1) is 14.2. The van der Waals surface area contributed by atoms with Gasteiger partial charge in [-0.1, -0.05) is 12.1 Å². The summed E-state index contributed by atoms with van der Waals surface area (Å²) < 4.78 is 19.1. The Morgan fingerprint density at radius 2 is 2.00 bits per heavy atom. The lowest BCUT2D eigenvalue weighted by molar-refractivity contribution is 0.0807. The van der Waals surface area contributed by atoms with Crippen LogP contribution in [0.1, 0.15) is 42.9 Å². The number of benzene rings is 1. The first kappa shape index (κ1) is 19.6. The van der Waals surface area contributed by atoms with Crippen LogP contribution in [0.25, 0.3) is 0 Å². The van der Waals surface area contributed by atoms with Crippen molar-refractivity contribution < 1.29 is 13.9 Å². The SMILES string of the molecule is O=C(NCc1ccnc(N2CCCC2)c1)NC(c1ccc(F)cc1)C1CCCO1. The maximum atomic E-state index is 13.3. The van der Waals surface area contributed by atoms with E-state index in [2.05, 4.69) is 20.5 Å². The summed E-state index contributed by atoms with van der Waals surface area (Å²) in [5.74, 6) is 0.668. The van der Waals surface area contributed by atoms with Gasteiger partial charge in [-0.15, -0.1) is 0 Å². The average Bonchev–Trinajstić information content (AvgIpc) is 3.46. The third kappa shape index (κ3) is 5.03. The fourth-order valence-corrected chi connectivity index (χ4v) is 3.99. The molecule has 0 spiro atoms. The summed E-state index contributed by atoms with van der Waals surface area (Å²) in [6, 6.07) is 9.59. The molecule has 6 nitrogen and oxygen atoms in total. The van der Waals surface area contributed by atoms with Crippen LogP contribution in [0.15, 0.2) is 42.6 Å². The number of rotatable bonds is 6. The highest BCUT2D eigenvalue weighted by atomic mass is 19.1. The predicted octanol–water partition coefficient (Wildman–Crippen LogP) is 3.54. The van der Waals surface area contributed by atoms with Gasteiger partial charge in [0.15, 0.2) is 0 Å². The van der Waals surface area contributed by atoms with E-state index in [-0.39, 0.29) is 24.0 Å². The summed E-state index contributed by atoms with van der Waals surface area (Å²) in [6.45, 7) is 3.16. The number of urea groups is 1. The number of amides is 2. The van der Waals surface area contributed by atoms with Gasteiger partial charge in [0.25, 0.3) is 0 Å². The fraction of sp³-hybridized carbons (Fsp3) is 0.455. The number of pyridine rings is 1. The summed E-state index contributed by atoms with van der Waals surface area (Å²) in [7, 11) is 0. The number of nitrogens with one attached hydrogen (secondary N) is 2. The average molecular weight is 398 g/mol. The van der Waals surface area contributed by atoms with E-state index in [1.54, 1.807) is 18.3 Å². The number of anilines is 1. The van der Waals surface area contributed by atoms with E-state index in [1.807, 2.05) is 12.1 Å². The second-order valence-corrected chi connectivity index (χ2v) is 7.62. The molecule has 2 saturated heterocycles. The summed E-state index contributed by atoms with van der Waals surface area (Å²) in [6.07, 6.45) is 5.90. The Hall–Kier alpha value is -2.67. The lowest BCUT2D eigenvalue weighted by atomic mass is 9.99. The minimum atomic E-state index is -0.310. The minimum Gasteiger partial charge on any atom is -0.376 e. The van der Waals surface area contributed by atoms with E-state index >= 15 is 0 Å². The Kier molecular flexibility index (Phi) is 6.24. The third-order valence-electron chi connectivity index (χ3n) is 5.55. The van der Waals surface area contributed by atoms with Crippen LogP contribution in [0.4, 0.5) is 15.0 Å². The molecule has 2 aromatic rings. The molecule has 2 aliphatic rings. The van der Waals surface area contributed by atoms with E-state index in [0.29, 0.717) is 13.2 Å². The van der Waals surface area contributed by atoms with Gasteiger partial charge in [-0.2, -0.15) is 0 Å². The molecule has 1 aromatic heterocycles. The van der Waals surface area contributed by atoms with Crippen LogP contribution in [-0.4, -0.2) is 36.8 Å². The monoisotopic (exact) mass is 398 g/mol. The Bertz CT molecular complexity index is 818. The number of ether oxygens (including phenoxy) is 1. The predicted molar refractivity (Wildman–Crippen MR) is 109 cm³/mol. The minimum absolute atomic E-state index is 0.103. The summed E-state index contributed by atoms with van der Waals surface area (Å²) >= 11 is 0. The van der Waals surface area contributed by atoms with Gasteiger partial charge in [0, 0.05) is 32.4 Å². The van der Waals surface area contributed by atoms with Gasteiger partial charge in [0.05, 0.1) is 12.1 Å². The third-order valence-corrected chi connectivity index (χ3v) is 5.55. The number of aromatic nitrogens is 1. The Labute approximate surface area is 170 Å². The van der Waals surface area contributed by atoms with Crippen LogP contribution in [0.2, 0.25) is 0 Å². The molecule has 0 bridgehead atoms. The second kappa shape index (κ2) is 9.22. The highest BCUT2D eigenvalue weighted by Crippen LogP contribution is 2.27. The van der Waals surface area contributed by atoms with E-state index < -0.39 is 0 Å². The van der Waals surface area contributed by atoms with Gasteiger partial charge in [-0.3, -0.25) is 0 Å². The molecule has 0 radical (unpaired) electrons. The largest absolute Gasteiger partial charge is 0.376 e. The van der Waals surface area contributed by atoms with Crippen LogP contribution in [-0.2, 0) is 11.3 Å². The molecule has 0 saturated carbocycles. The molecule has 2 fully saturated rings. The highest BCUT2D eigenvalue weighted by molar-refractivity contribution is 5.74. The molecule has 2 aliphatic heterocycles. The van der Waals surface area contributed by atoms with Crippen molar-refractivity contribution in [2.75, 3.05) is 24.6 Å². The van der Waals surface area contributed by atoms with Gasteiger partial charge in [-0.25, -0.2) is 14.2 Å². The molecule has 29 heavy (non-hydrogen) atoms. The van der Waals surface area contributed by atoms with Crippen LogP contribution >= 0.6 is 0 Å². The fourth-order valence-electron chi connectivity index (χ4n) is 3.99. The quantitative estimate of drug-likeness (QED) is 0.781. The van der Waals surface area contributed by atoms with Gasteiger partial charge < -0.3 is 20.3 Å². The summed E-state index contributed by atoms with van der Waals surface area (Å²) in [5.41, 5.74) is 1.85. The van der Waals surface area contributed by atoms with Gasteiger partial charge >= 0.3 is 6.03 Å². The van der Waals surface area contributed by atoms with Gasteiger partial charge in [0.1, 0.15) is 11.6 Å². The first-order valence-electron chi connectivity index (χ1n) is 10.3. The molecule has 4 rings (SSSR count). The Morgan fingerprint density at radius 3 is 2.72 bits per heavy atom. The summed E-state index contributed by atoms with van der Waals surface area (Å²) in [5, 5.41) is 5.94. The topological polar surface area (TPSA) is 66.5 Å². The Morgan fingerprint density at radius 1 is 1.21 bits per heavy atom. The number of hydrogen-bond acceptors (Lipinski definition) is 4. The lowest BCUT2D eigenvalue weighted by Gasteiger charge is -2.25. The smallest absolute Gasteiger partial charge is 0.315 e. The molecule has 154 valence electrons. The number of nitrogens with zero attached hydrogens (tertiary/aromatic N) is 2. The zero-order valence-electron chi connectivity index (χ0n) is 16.4. The Balaban J connectivity index is 1.38. The van der Waals surface area contributed by atoms with E-state index in [1.165, 1.54) is 25.0 Å². The van der Waals surface area contributed by atoms with Gasteiger partial charge in [-0.05, 0) is 61.1 Å². The van der Waals surface area contributed by atoms with Crippen LogP contribution in [0.5, 0.6) is 0 Å². The maximum Gasteiger partial charge on any atom is 0.315 e. The number of hydrogen-bond donors (Lipinski definition) is 2. The second-order valence-electron chi connectivity index (χ2n) is 7.62. The molecule has 3 heterocycles. The molecule has 0 aliphatic carbocycles. The molecular formula is C22H27FN4O2. The zero-order valence-corrected chi connectivity index (χ0v) is 16.4. The van der Waals surface area contributed by atoms with Gasteiger partial charge in [0.2, 0.25) is 0 Å². The van der Waals surface area contributed by atoms with Crippen LogP contribution < -0.4 is 15.5 Å². The molecular weight excluding hydrogens is 371 g/mol. The van der Waals surface area contributed by atoms with Crippen molar-refractivity contribution in [2.45, 2.75) is 44.4 Å².